The van der Waals surface area contributed by atoms with Crippen molar-refractivity contribution in [2.24, 2.45) is 0 Å². The van der Waals surface area contributed by atoms with E-state index in [-0.39, 0.29) is 12.0 Å². The van der Waals surface area contributed by atoms with Crippen LogP contribution in [-0.4, -0.2) is 19.6 Å². The molecule has 0 amide bonds. The predicted octanol–water partition coefficient (Wildman–Crippen LogP) is 5.47. The second-order valence-corrected chi connectivity index (χ2v) is 6.08. The summed E-state index contributed by atoms with van der Waals surface area (Å²) in [4.78, 5) is 0. The van der Waals surface area contributed by atoms with Crippen molar-refractivity contribution >= 4 is 43.5 Å². The fraction of sp³-hybridized carbons (Fsp3) is 0.500. The van der Waals surface area contributed by atoms with Gasteiger partial charge >= 0.3 is 0 Å². The average molecular weight is 406 g/mol. The zero-order chi connectivity index (χ0) is 13.7. The van der Waals surface area contributed by atoms with Crippen LogP contribution in [-0.2, 0) is 4.74 Å². The maximum absolute atomic E-state index is 11.9. The van der Waals surface area contributed by atoms with Gasteiger partial charge in [-0.1, -0.05) is 31.9 Å². The quantitative estimate of drug-likeness (QED) is 0.450. The van der Waals surface area contributed by atoms with E-state index in [1.54, 1.807) is 0 Å². The van der Waals surface area contributed by atoms with E-state index in [0.29, 0.717) is 6.42 Å². The molecule has 1 unspecified atom stereocenters. The molecule has 1 nitrogen and oxygen atoms in total. The maximum Gasteiger partial charge on any atom is 0.261 e. The molecule has 0 heterocycles. The first kappa shape index (κ1) is 16.3. The Balaban J connectivity index is 2.56. The third-order valence-electron chi connectivity index (χ3n) is 2.37. The molecule has 1 rings (SSSR count). The molecule has 0 fully saturated rings. The molecule has 0 saturated carbocycles. The highest BCUT2D eigenvalue weighted by Crippen LogP contribution is 2.34. The lowest BCUT2D eigenvalue weighted by atomic mass is 10.1. The lowest BCUT2D eigenvalue weighted by molar-refractivity contribution is 0.0165. The topological polar surface area (TPSA) is 9.23 Å². The number of ether oxygens (including phenoxy) is 1. The van der Waals surface area contributed by atoms with E-state index in [0.717, 1.165) is 20.1 Å². The Morgan fingerprint density at radius 3 is 2.56 bits per heavy atom. The number of alkyl halides is 3. The highest BCUT2D eigenvalue weighted by molar-refractivity contribution is 9.11. The van der Waals surface area contributed by atoms with Crippen LogP contribution in [0.2, 0.25) is 0 Å². The van der Waals surface area contributed by atoms with Crippen molar-refractivity contribution in [1.82, 2.24) is 0 Å². The van der Waals surface area contributed by atoms with E-state index in [1.807, 2.05) is 19.1 Å². The molecule has 0 saturated heterocycles. The molecule has 1 aromatic carbocycles. The summed E-state index contributed by atoms with van der Waals surface area (Å²) >= 11 is 13.1. The Morgan fingerprint density at radius 2 is 1.94 bits per heavy atom. The van der Waals surface area contributed by atoms with E-state index in [2.05, 4.69) is 31.9 Å². The lowest BCUT2D eigenvalue weighted by Crippen LogP contribution is -2.07. The van der Waals surface area contributed by atoms with Gasteiger partial charge in [-0.15, -0.1) is 11.6 Å². The minimum Gasteiger partial charge on any atom is -0.375 e. The smallest absolute Gasteiger partial charge is 0.261 e. The van der Waals surface area contributed by atoms with Crippen LogP contribution in [0.25, 0.3) is 0 Å². The Hall–Kier alpha value is 0.290. The van der Waals surface area contributed by atoms with Crippen LogP contribution in [0.15, 0.2) is 21.1 Å². The molecule has 0 bridgehead atoms. The van der Waals surface area contributed by atoms with Gasteiger partial charge in [-0.25, -0.2) is 8.78 Å². The van der Waals surface area contributed by atoms with Crippen LogP contribution in [0.3, 0.4) is 0 Å². The van der Waals surface area contributed by atoms with Crippen LogP contribution < -0.4 is 0 Å². The zero-order valence-electron chi connectivity index (χ0n) is 9.73. The Labute approximate surface area is 127 Å². The van der Waals surface area contributed by atoms with Gasteiger partial charge < -0.3 is 4.74 Å². The maximum atomic E-state index is 11.9. The second-order valence-electron chi connectivity index (χ2n) is 3.85. The molecule has 0 spiro atoms. The molecule has 18 heavy (non-hydrogen) atoms. The van der Waals surface area contributed by atoms with Crippen LogP contribution >= 0.6 is 43.5 Å². The van der Waals surface area contributed by atoms with E-state index in [9.17, 15) is 8.78 Å². The molecular weight excluding hydrogens is 393 g/mol. The van der Waals surface area contributed by atoms with Crippen molar-refractivity contribution in [2.45, 2.75) is 25.1 Å². The molecule has 102 valence electrons. The first-order valence-electron chi connectivity index (χ1n) is 5.37. The predicted molar refractivity (Wildman–Crippen MR) is 76.6 cm³/mol. The number of benzene rings is 1. The summed E-state index contributed by atoms with van der Waals surface area (Å²) in [6.45, 7) is 1.66. The molecule has 0 aromatic heterocycles. The van der Waals surface area contributed by atoms with Gasteiger partial charge in [0.1, 0.15) is 6.61 Å². The van der Waals surface area contributed by atoms with Gasteiger partial charge in [-0.2, -0.15) is 0 Å². The lowest BCUT2D eigenvalue weighted by Gasteiger charge is -2.14. The van der Waals surface area contributed by atoms with Crippen molar-refractivity contribution in [1.29, 1.82) is 0 Å². The van der Waals surface area contributed by atoms with Crippen molar-refractivity contribution in [2.75, 3.05) is 13.2 Å². The van der Waals surface area contributed by atoms with E-state index in [4.69, 9.17) is 16.3 Å². The van der Waals surface area contributed by atoms with Gasteiger partial charge in [0.15, 0.2) is 0 Å². The van der Waals surface area contributed by atoms with Gasteiger partial charge in [-0.3, -0.25) is 0 Å². The third-order valence-corrected chi connectivity index (χ3v) is 4.37. The SMILES string of the molecule is Cc1cc(Br)c(C(Cl)CCOCC(F)F)cc1Br. The van der Waals surface area contributed by atoms with Crippen molar-refractivity contribution in [3.05, 3.63) is 32.2 Å². The first-order valence-corrected chi connectivity index (χ1v) is 7.39. The minimum atomic E-state index is -2.43. The van der Waals surface area contributed by atoms with Gasteiger partial charge in [0.2, 0.25) is 0 Å². The third kappa shape index (κ3) is 5.11. The molecule has 0 aliphatic carbocycles. The number of rotatable bonds is 6. The Morgan fingerprint density at radius 1 is 1.28 bits per heavy atom. The van der Waals surface area contributed by atoms with E-state index < -0.39 is 13.0 Å². The summed E-state index contributed by atoms with van der Waals surface area (Å²) in [6.07, 6.45) is -1.94. The minimum absolute atomic E-state index is 0.219. The van der Waals surface area contributed by atoms with Crippen molar-refractivity contribution < 1.29 is 13.5 Å². The summed E-state index contributed by atoms with van der Waals surface area (Å²) in [7, 11) is 0. The average Bonchev–Trinajstić information content (AvgIpc) is 2.28. The highest BCUT2D eigenvalue weighted by Gasteiger charge is 2.14. The molecule has 6 heteroatoms. The number of hydrogen-bond donors (Lipinski definition) is 0. The Kier molecular flexibility index (Phi) is 7.06. The van der Waals surface area contributed by atoms with Gasteiger partial charge in [0, 0.05) is 15.6 Å². The summed E-state index contributed by atoms with van der Waals surface area (Å²) in [5.41, 5.74) is 2.03. The van der Waals surface area contributed by atoms with Crippen LogP contribution in [0.4, 0.5) is 8.78 Å². The van der Waals surface area contributed by atoms with Gasteiger partial charge in [0.05, 0.1) is 5.38 Å². The molecular formula is C12H13Br2ClF2O. The molecule has 1 aromatic rings. The summed E-state index contributed by atoms with van der Waals surface area (Å²) in [5, 5.41) is -0.269. The molecule has 0 N–H and O–H groups in total. The largest absolute Gasteiger partial charge is 0.375 e. The molecule has 0 radical (unpaired) electrons. The monoisotopic (exact) mass is 404 g/mol. The van der Waals surface area contributed by atoms with Gasteiger partial charge in [0.25, 0.3) is 6.43 Å². The summed E-state index contributed by atoms with van der Waals surface area (Å²) in [5.74, 6) is 0. The number of aryl methyl sites for hydroxylation is 1. The summed E-state index contributed by atoms with van der Waals surface area (Å²) < 4.78 is 30.4. The molecule has 1 atom stereocenters. The fourth-order valence-corrected chi connectivity index (χ4v) is 2.91. The standard InChI is InChI=1S/C12H13Br2ClF2O/c1-7-4-10(14)8(5-9(7)13)11(15)2-3-18-6-12(16)17/h4-5,11-12H,2-3,6H2,1H3. The van der Waals surface area contributed by atoms with Crippen LogP contribution in [0.5, 0.6) is 0 Å². The van der Waals surface area contributed by atoms with Gasteiger partial charge in [-0.05, 0) is 36.6 Å². The number of halogens is 5. The van der Waals surface area contributed by atoms with E-state index in [1.165, 1.54) is 0 Å². The molecule has 0 aliphatic rings. The fourth-order valence-electron chi connectivity index (χ4n) is 1.42. The zero-order valence-corrected chi connectivity index (χ0v) is 13.7. The number of hydrogen-bond acceptors (Lipinski definition) is 1. The normalized spacial score (nSPS) is 13.1. The van der Waals surface area contributed by atoms with E-state index >= 15 is 0 Å². The molecule has 0 aliphatic heterocycles. The highest BCUT2D eigenvalue weighted by atomic mass is 79.9. The van der Waals surface area contributed by atoms with Crippen molar-refractivity contribution in [3.63, 3.8) is 0 Å². The Bertz CT molecular complexity index is 402. The van der Waals surface area contributed by atoms with Crippen LogP contribution in [0, 0.1) is 6.92 Å². The first-order chi connectivity index (χ1) is 8.41. The van der Waals surface area contributed by atoms with Crippen molar-refractivity contribution in [3.8, 4) is 0 Å². The summed E-state index contributed by atoms with van der Waals surface area (Å²) in [6, 6.07) is 3.90. The second kappa shape index (κ2) is 7.78. The van der Waals surface area contributed by atoms with Crippen LogP contribution in [0.1, 0.15) is 22.9 Å².